The third-order valence-electron chi connectivity index (χ3n) is 5.02. The van der Waals surface area contributed by atoms with Crippen molar-refractivity contribution in [3.05, 3.63) is 41.0 Å². The molecule has 1 N–H and O–H groups in total. The first-order valence-electron chi connectivity index (χ1n) is 10.3. The van der Waals surface area contributed by atoms with E-state index in [1.165, 1.54) is 12.8 Å². The summed E-state index contributed by atoms with van der Waals surface area (Å²) in [5.74, 6) is 1.76. The zero-order valence-corrected chi connectivity index (χ0v) is 18.5. The van der Waals surface area contributed by atoms with Gasteiger partial charge in [-0.3, -0.25) is 4.79 Å². The normalized spacial score (nSPS) is 13.9. The van der Waals surface area contributed by atoms with Gasteiger partial charge in [0.15, 0.2) is 10.8 Å². The lowest BCUT2D eigenvalue weighted by atomic mass is 10.2. The van der Waals surface area contributed by atoms with E-state index in [0.29, 0.717) is 23.7 Å². The molecule has 1 aliphatic heterocycles. The third-order valence-corrected chi connectivity index (χ3v) is 6.41. The molecular weight excluding hydrogens is 420 g/mol. The molecule has 1 amide bonds. The second-order valence-electron chi connectivity index (χ2n) is 7.21. The Bertz CT molecular complexity index is 1030. The molecule has 3 aromatic rings. The largest absolute Gasteiger partial charge is 0.356 e. The number of anilines is 1. The van der Waals surface area contributed by atoms with E-state index in [-0.39, 0.29) is 5.91 Å². The van der Waals surface area contributed by atoms with Gasteiger partial charge in [-0.2, -0.15) is 5.10 Å². The molecule has 1 saturated heterocycles. The SMILES string of the molecule is CCCSc1nc(N2CCCC2)c2cnn(CCNC(=O)c3ccccc3Cl)c2n1. The second-order valence-corrected chi connectivity index (χ2v) is 8.68. The van der Waals surface area contributed by atoms with Crippen molar-refractivity contribution in [2.45, 2.75) is 37.9 Å². The smallest absolute Gasteiger partial charge is 0.252 e. The minimum Gasteiger partial charge on any atom is -0.356 e. The Kier molecular flexibility index (Phi) is 6.74. The highest BCUT2D eigenvalue weighted by molar-refractivity contribution is 7.99. The van der Waals surface area contributed by atoms with E-state index in [1.807, 2.05) is 10.9 Å². The highest BCUT2D eigenvalue weighted by atomic mass is 35.5. The molecule has 1 aliphatic rings. The number of halogens is 1. The molecular formula is C21H25ClN6OS. The van der Waals surface area contributed by atoms with Crippen LogP contribution in [0.1, 0.15) is 36.5 Å². The molecule has 0 aliphatic carbocycles. The number of hydrogen-bond donors (Lipinski definition) is 1. The van der Waals surface area contributed by atoms with Gasteiger partial charge in [0.25, 0.3) is 5.91 Å². The predicted octanol–water partition coefficient (Wildman–Crippen LogP) is 4.01. The van der Waals surface area contributed by atoms with Gasteiger partial charge in [0, 0.05) is 25.4 Å². The average molecular weight is 445 g/mol. The summed E-state index contributed by atoms with van der Waals surface area (Å²) in [4.78, 5) is 24.3. The van der Waals surface area contributed by atoms with E-state index < -0.39 is 0 Å². The van der Waals surface area contributed by atoms with E-state index in [1.54, 1.807) is 36.0 Å². The molecule has 0 radical (unpaired) electrons. The van der Waals surface area contributed by atoms with Crippen molar-refractivity contribution in [2.75, 3.05) is 30.3 Å². The van der Waals surface area contributed by atoms with Crippen molar-refractivity contribution in [2.24, 2.45) is 0 Å². The number of rotatable bonds is 8. The predicted molar refractivity (Wildman–Crippen MR) is 122 cm³/mol. The minimum atomic E-state index is -0.191. The number of hydrogen-bond acceptors (Lipinski definition) is 6. The lowest BCUT2D eigenvalue weighted by molar-refractivity contribution is 0.0952. The molecule has 3 heterocycles. The van der Waals surface area contributed by atoms with Crippen molar-refractivity contribution in [3.63, 3.8) is 0 Å². The fraction of sp³-hybridized carbons (Fsp3) is 0.429. The first kappa shape index (κ1) is 20.9. The molecule has 0 saturated carbocycles. The highest BCUT2D eigenvalue weighted by Crippen LogP contribution is 2.29. The van der Waals surface area contributed by atoms with Crippen LogP contribution in [0.5, 0.6) is 0 Å². The molecule has 0 spiro atoms. The van der Waals surface area contributed by atoms with Crippen LogP contribution in [0.15, 0.2) is 35.6 Å². The lowest BCUT2D eigenvalue weighted by Gasteiger charge is -2.18. The fourth-order valence-corrected chi connectivity index (χ4v) is 4.44. The summed E-state index contributed by atoms with van der Waals surface area (Å²) in [6.07, 6.45) is 5.28. The maximum absolute atomic E-state index is 12.4. The average Bonchev–Trinajstić information content (AvgIpc) is 3.42. The maximum Gasteiger partial charge on any atom is 0.252 e. The summed E-state index contributed by atoms with van der Waals surface area (Å²) in [7, 11) is 0. The van der Waals surface area contributed by atoms with Gasteiger partial charge in [-0.05, 0) is 31.4 Å². The number of aromatic nitrogens is 4. The Balaban J connectivity index is 1.53. The first-order chi connectivity index (χ1) is 14.7. The fourth-order valence-electron chi connectivity index (χ4n) is 3.53. The van der Waals surface area contributed by atoms with E-state index in [9.17, 15) is 4.79 Å². The number of benzene rings is 1. The van der Waals surface area contributed by atoms with Crippen LogP contribution in [0.25, 0.3) is 11.0 Å². The van der Waals surface area contributed by atoms with Gasteiger partial charge in [0.1, 0.15) is 5.82 Å². The van der Waals surface area contributed by atoms with Crippen LogP contribution in [0, 0.1) is 0 Å². The number of carbonyl (C=O) groups is 1. The molecule has 4 rings (SSSR count). The molecule has 1 fully saturated rings. The Hall–Kier alpha value is -2.32. The standard InChI is InChI=1S/C21H25ClN6OS/c1-2-13-30-21-25-18(27-10-5-6-11-27)16-14-24-28(19(16)26-21)12-9-23-20(29)15-7-3-4-8-17(15)22/h3-4,7-8,14H,2,5-6,9-13H2,1H3,(H,23,29). The van der Waals surface area contributed by atoms with Crippen LogP contribution in [-0.2, 0) is 6.54 Å². The molecule has 7 nitrogen and oxygen atoms in total. The Morgan fingerprint density at radius 2 is 2.03 bits per heavy atom. The molecule has 0 unspecified atom stereocenters. The van der Waals surface area contributed by atoms with Crippen molar-refractivity contribution in [1.29, 1.82) is 0 Å². The van der Waals surface area contributed by atoms with Gasteiger partial charge in [0.05, 0.1) is 28.7 Å². The van der Waals surface area contributed by atoms with Crippen molar-refractivity contribution >= 4 is 46.1 Å². The third kappa shape index (κ3) is 4.54. The monoisotopic (exact) mass is 444 g/mol. The van der Waals surface area contributed by atoms with E-state index in [0.717, 1.165) is 47.3 Å². The number of thioether (sulfide) groups is 1. The van der Waals surface area contributed by atoms with Gasteiger partial charge in [-0.15, -0.1) is 0 Å². The summed E-state index contributed by atoms with van der Waals surface area (Å²) in [5.41, 5.74) is 1.29. The summed E-state index contributed by atoms with van der Waals surface area (Å²) < 4.78 is 1.85. The molecule has 1 aromatic carbocycles. The van der Waals surface area contributed by atoms with Crippen LogP contribution in [0.3, 0.4) is 0 Å². The van der Waals surface area contributed by atoms with Gasteiger partial charge in [-0.1, -0.05) is 42.4 Å². The minimum absolute atomic E-state index is 0.191. The van der Waals surface area contributed by atoms with Gasteiger partial charge < -0.3 is 10.2 Å². The van der Waals surface area contributed by atoms with Crippen molar-refractivity contribution in [1.82, 2.24) is 25.1 Å². The Morgan fingerprint density at radius 1 is 1.23 bits per heavy atom. The zero-order chi connectivity index (χ0) is 20.9. The van der Waals surface area contributed by atoms with Gasteiger partial charge >= 0.3 is 0 Å². The van der Waals surface area contributed by atoms with E-state index in [2.05, 4.69) is 22.2 Å². The summed E-state index contributed by atoms with van der Waals surface area (Å²) in [6, 6.07) is 7.03. The van der Waals surface area contributed by atoms with Crippen LogP contribution in [-0.4, -0.2) is 51.0 Å². The first-order valence-corrected chi connectivity index (χ1v) is 11.7. The molecule has 30 heavy (non-hydrogen) atoms. The second kappa shape index (κ2) is 9.66. The van der Waals surface area contributed by atoms with E-state index in [4.69, 9.17) is 21.6 Å². The van der Waals surface area contributed by atoms with Gasteiger partial charge in [0.2, 0.25) is 0 Å². The Labute approximate surface area is 185 Å². The lowest BCUT2D eigenvalue weighted by Crippen LogP contribution is -2.27. The molecule has 0 bridgehead atoms. The number of nitrogens with one attached hydrogen (secondary N) is 1. The van der Waals surface area contributed by atoms with E-state index >= 15 is 0 Å². The molecule has 158 valence electrons. The van der Waals surface area contributed by atoms with Crippen molar-refractivity contribution < 1.29 is 4.79 Å². The topological polar surface area (TPSA) is 75.9 Å². The van der Waals surface area contributed by atoms with Gasteiger partial charge in [-0.25, -0.2) is 14.6 Å². The van der Waals surface area contributed by atoms with Crippen LogP contribution in [0.2, 0.25) is 5.02 Å². The summed E-state index contributed by atoms with van der Waals surface area (Å²) >= 11 is 7.79. The summed E-state index contributed by atoms with van der Waals surface area (Å²) in [6.45, 7) is 5.14. The Morgan fingerprint density at radius 3 is 2.80 bits per heavy atom. The zero-order valence-electron chi connectivity index (χ0n) is 17.0. The molecule has 0 atom stereocenters. The maximum atomic E-state index is 12.4. The van der Waals surface area contributed by atoms with Crippen molar-refractivity contribution in [3.8, 4) is 0 Å². The van der Waals surface area contributed by atoms with Crippen LogP contribution >= 0.6 is 23.4 Å². The number of fused-ring (bicyclic) bond motifs is 1. The number of carbonyl (C=O) groups excluding carboxylic acids is 1. The van der Waals surface area contributed by atoms with Crippen LogP contribution in [0.4, 0.5) is 5.82 Å². The number of nitrogens with zero attached hydrogens (tertiary/aromatic N) is 5. The molecule has 9 heteroatoms. The summed E-state index contributed by atoms with van der Waals surface area (Å²) in [5, 5.41) is 9.65. The highest BCUT2D eigenvalue weighted by Gasteiger charge is 2.21. The number of amides is 1. The molecule has 2 aromatic heterocycles. The van der Waals surface area contributed by atoms with Crippen LogP contribution < -0.4 is 10.2 Å². The quantitative estimate of drug-likeness (QED) is 0.418.